The number of para-hydroxylation sites is 2. The Balaban J connectivity index is 1.68. The van der Waals surface area contributed by atoms with Crippen molar-refractivity contribution in [3.8, 4) is 16.3 Å². The molecule has 0 saturated carbocycles. The summed E-state index contributed by atoms with van der Waals surface area (Å²) in [7, 11) is 1.60. The van der Waals surface area contributed by atoms with Gasteiger partial charge in [0.25, 0.3) is 0 Å². The highest BCUT2D eigenvalue weighted by molar-refractivity contribution is 7.14. The van der Waals surface area contributed by atoms with E-state index in [0.717, 1.165) is 16.3 Å². The Kier molecular flexibility index (Phi) is 4.03. The zero-order valence-electron chi connectivity index (χ0n) is 13.4. The number of benzene rings is 1. The van der Waals surface area contributed by atoms with Crippen LogP contribution in [0, 0.1) is 5.41 Å². The molecule has 0 spiro atoms. The second-order valence-corrected chi connectivity index (χ2v) is 7.25. The molecular weight excluding hydrogens is 354 g/mol. The van der Waals surface area contributed by atoms with E-state index in [0.29, 0.717) is 16.3 Å². The van der Waals surface area contributed by atoms with Crippen molar-refractivity contribution in [2.45, 2.75) is 0 Å². The minimum atomic E-state index is 0.156. The van der Waals surface area contributed by atoms with Gasteiger partial charge in [-0.05, 0) is 23.6 Å². The van der Waals surface area contributed by atoms with E-state index in [2.05, 4.69) is 4.98 Å². The highest BCUT2D eigenvalue weighted by atomic mass is 32.1. The average Bonchev–Trinajstić information content (AvgIpc) is 3.35. The molecule has 5 nitrogen and oxygen atoms in total. The number of rotatable bonds is 4. The number of thiazole rings is 1. The zero-order chi connectivity index (χ0) is 17.4. The smallest absolute Gasteiger partial charge is 0.142 e. The Labute approximate surface area is 153 Å². The van der Waals surface area contributed by atoms with Gasteiger partial charge in [0, 0.05) is 5.38 Å². The summed E-state index contributed by atoms with van der Waals surface area (Å²) >= 11 is 3.06. The number of hydrogen-bond acceptors (Lipinski definition) is 6. The predicted molar refractivity (Wildman–Crippen MR) is 103 cm³/mol. The van der Waals surface area contributed by atoms with Gasteiger partial charge in [-0.15, -0.1) is 22.7 Å². The van der Waals surface area contributed by atoms with Gasteiger partial charge < -0.3 is 14.7 Å². The van der Waals surface area contributed by atoms with E-state index in [4.69, 9.17) is 10.1 Å². The molecule has 126 valence electrons. The van der Waals surface area contributed by atoms with Crippen LogP contribution in [0.1, 0.15) is 5.01 Å². The van der Waals surface area contributed by atoms with Crippen LogP contribution in [0.3, 0.4) is 0 Å². The first-order valence-electron chi connectivity index (χ1n) is 7.60. The third-order valence-corrected chi connectivity index (χ3v) is 5.72. The fourth-order valence-corrected chi connectivity index (χ4v) is 4.44. The van der Waals surface area contributed by atoms with E-state index in [9.17, 15) is 5.11 Å². The third kappa shape index (κ3) is 2.71. The maximum Gasteiger partial charge on any atom is 0.142 e. The SMILES string of the molecule is COc1ccccc1N1CC(O)=C(c2nc(-c3cccs3)cs2)C1=N. The van der Waals surface area contributed by atoms with Gasteiger partial charge in [0.15, 0.2) is 0 Å². The molecule has 0 radical (unpaired) electrons. The summed E-state index contributed by atoms with van der Waals surface area (Å²) in [6, 6.07) is 11.5. The zero-order valence-corrected chi connectivity index (χ0v) is 15.0. The van der Waals surface area contributed by atoms with Crippen LogP contribution in [0.25, 0.3) is 16.1 Å². The lowest BCUT2D eigenvalue weighted by atomic mass is 10.2. The maximum absolute atomic E-state index is 10.5. The Hall–Kier alpha value is -2.64. The van der Waals surface area contributed by atoms with E-state index in [1.165, 1.54) is 11.3 Å². The third-order valence-electron chi connectivity index (χ3n) is 3.97. The van der Waals surface area contributed by atoms with Crippen LogP contribution in [0.15, 0.2) is 52.9 Å². The minimum absolute atomic E-state index is 0.156. The maximum atomic E-state index is 10.5. The number of nitrogens with zero attached hydrogens (tertiary/aromatic N) is 2. The monoisotopic (exact) mass is 369 g/mol. The van der Waals surface area contributed by atoms with Gasteiger partial charge in [-0.25, -0.2) is 4.98 Å². The minimum Gasteiger partial charge on any atom is -0.510 e. The number of ether oxygens (including phenoxy) is 1. The molecule has 2 aromatic heterocycles. The van der Waals surface area contributed by atoms with Crippen molar-refractivity contribution >= 4 is 39.8 Å². The van der Waals surface area contributed by atoms with Crippen LogP contribution in [0.4, 0.5) is 5.69 Å². The Morgan fingerprint density at radius 1 is 1.20 bits per heavy atom. The number of aliphatic hydroxyl groups is 1. The van der Waals surface area contributed by atoms with Crippen LogP contribution in [-0.2, 0) is 0 Å². The Bertz CT molecular complexity index is 960. The van der Waals surface area contributed by atoms with Crippen molar-refractivity contribution in [1.82, 2.24) is 4.98 Å². The molecule has 1 aromatic carbocycles. The van der Waals surface area contributed by atoms with Crippen LogP contribution in [-0.4, -0.2) is 29.6 Å². The molecule has 7 heteroatoms. The van der Waals surface area contributed by atoms with Gasteiger partial charge in [0.05, 0.1) is 35.5 Å². The standard InChI is InChI=1S/C18H15N3O2S2/c1-23-14-6-3-2-5-12(14)21-9-13(22)16(17(21)19)18-20-11(10-25-18)15-7-4-8-24-15/h2-8,10,19,22H,9H2,1H3. The van der Waals surface area contributed by atoms with Gasteiger partial charge >= 0.3 is 0 Å². The summed E-state index contributed by atoms with van der Waals surface area (Å²) < 4.78 is 5.39. The molecular formula is C18H15N3O2S2. The highest BCUT2D eigenvalue weighted by Crippen LogP contribution is 2.37. The van der Waals surface area contributed by atoms with Crippen molar-refractivity contribution in [1.29, 1.82) is 5.41 Å². The fraction of sp³-hybridized carbons (Fsp3) is 0.111. The van der Waals surface area contributed by atoms with Gasteiger partial charge in [-0.1, -0.05) is 18.2 Å². The van der Waals surface area contributed by atoms with Crippen LogP contribution >= 0.6 is 22.7 Å². The molecule has 0 fully saturated rings. The predicted octanol–water partition coefficient (Wildman–Crippen LogP) is 4.65. The summed E-state index contributed by atoms with van der Waals surface area (Å²) in [6.07, 6.45) is 0. The summed E-state index contributed by atoms with van der Waals surface area (Å²) in [5.41, 5.74) is 2.11. The van der Waals surface area contributed by atoms with Gasteiger partial charge in [0.2, 0.25) is 0 Å². The van der Waals surface area contributed by atoms with Gasteiger partial charge in [-0.3, -0.25) is 5.41 Å². The lowest BCUT2D eigenvalue weighted by Gasteiger charge is -2.20. The molecule has 0 unspecified atom stereocenters. The molecule has 4 rings (SSSR count). The second-order valence-electron chi connectivity index (χ2n) is 5.44. The first kappa shape index (κ1) is 15.9. The molecule has 0 saturated heterocycles. The molecule has 3 aromatic rings. The number of hydrogen-bond donors (Lipinski definition) is 2. The van der Waals surface area contributed by atoms with E-state index in [1.54, 1.807) is 23.3 Å². The summed E-state index contributed by atoms with van der Waals surface area (Å²) in [5.74, 6) is 1.05. The van der Waals surface area contributed by atoms with Gasteiger partial charge in [0.1, 0.15) is 22.4 Å². The van der Waals surface area contributed by atoms with Crippen molar-refractivity contribution in [2.24, 2.45) is 0 Å². The fourth-order valence-electron chi connectivity index (χ4n) is 2.79. The molecule has 0 aliphatic carbocycles. The number of aromatic nitrogens is 1. The Morgan fingerprint density at radius 3 is 2.80 bits per heavy atom. The van der Waals surface area contributed by atoms with E-state index in [-0.39, 0.29) is 18.1 Å². The van der Waals surface area contributed by atoms with E-state index < -0.39 is 0 Å². The van der Waals surface area contributed by atoms with Gasteiger partial charge in [-0.2, -0.15) is 0 Å². The van der Waals surface area contributed by atoms with E-state index >= 15 is 0 Å². The highest BCUT2D eigenvalue weighted by Gasteiger charge is 2.32. The number of anilines is 1. The van der Waals surface area contributed by atoms with Crippen molar-refractivity contribution in [3.63, 3.8) is 0 Å². The molecule has 1 aliphatic rings. The number of methoxy groups -OCH3 is 1. The van der Waals surface area contributed by atoms with Crippen LogP contribution in [0.5, 0.6) is 5.75 Å². The Morgan fingerprint density at radius 2 is 2.04 bits per heavy atom. The lowest BCUT2D eigenvalue weighted by Crippen LogP contribution is -2.26. The van der Waals surface area contributed by atoms with Crippen LogP contribution < -0.4 is 9.64 Å². The van der Waals surface area contributed by atoms with E-state index in [1.807, 2.05) is 47.2 Å². The molecule has 0 atom stereocenters. The average molecular weight is 369 g/mol. The molecule has 25 heavy (non-hydrogen) atoms. The summed E-state index contributed by atoms with van der Waals surface area (Å²) in [5, 5.41) is 23.6. The second kappa shape index (κ2) is 6.34. The lowest BCUT2D eigenvalue weighted by molar-refractivity contribution is 0.407. The van der Waals surface area contributed by atoms with Crippen LogP contribution in [0.2, 0.25) is 0 Å². The molecule has 1 aliphatic heterocycles. The normalized spacial score (nSPS) is 14.4. The number of aliphatic hydroxyl groups excluding tert-OH is 1. The number of amidine groups is 1. The quantitative estimate of drug-likeness (QED) is 0.702. The van der Waals surface area contributed by atoms with Crippen molar-refractivity contribution < 1.29 is 9.84 Å². The molecule has 3 heterocycles. The first-order chi connectivity index (χ1) is 12.2. The summed E-state index contributed by atoms with van der Waals surface area (Å²) in [6.45, 7) is 0.239. The number of thiophene rings is 1. The molecule has 0 bridgehead atoms. The molecule has 2 N–H and O–H groups in total. The topological polar surface area (TPSA) is 69.4 Å². The first-order valence-corrected chi connectivity index (χ1v) is 9.36. The molecule has 0 amide bonds. The van der Waals surface area contributed by atoms with Crippen molar-refractivity contribution in [2.75, 3.05) is 18.6 Å². The largest absolute Gasteiger partial charge is 0.510 e. The van der Waals surface area contributed by atoms with Crippen molar-refractivity contribution in [3.05, 3.63) is 57.9 Å². The summed E-state index contributed by atoms with van der Waals surface area (Å²) in [4.78, 5) is 7.43. The number of nitrogens with one attached hydrogen (secondary N) is 1.